The molecule has 94 valence electrons. The minimum Gasteiger partial charge on any atom is -0.397 e. The van der Waals surface area contributed by atoms with Crippen molar-refractivity contribution in [1.82, 2.24) is 15.2 Å². The summed E-state index contributed by atoms with van der Waals surface area (Å²) in [6.45, 7) is 2.67. The van der Waals surface area contributed by atoms with Gasteiger partial charge >= 0.3 is 0 Å². The lowest BCUT2D eigenvalue weighted by Crippen LogP contribution is -2.39. The maximum atomic E-state index is 11.9. The average Bonchev–Trinajstić information content (AvgIpc) is 2.20. The molecule has 0 aliphatic carbocycles. The minimum absolute atomic E-state index is 0.0231. The lowest BCUT2D eigenvalue weighted by Gasteiger charge is -2.18. The Labute approximate surface area is 106 Å². The van der Waals surface area contributed by atoms with Crippen LogP contribution in [0.5, 0.6) is 0 Å². The second-order valence-corrected chi connectivity index (χ2v) is 4.60. The van der Waals surface area contributed by atoms with E-state index in [1.165, 1.54) is 12.3 Å². The quantitative estimate of drug-likeness (QED) is 0.789. The molecule has 0 fully saturated rings. The fourth-order valence-electron chi connectivity index (χ4n) is 1.52. The van der Waals surface area contributed by atoms with Gasteiger partial charge in [0.05, 0.1) is 17.4 Å². The third-order valence-corrected chi connectivity index (χ3v) is 2.42. The Balaban J connectivity index is 2.73. The zero-order valence-electron chi connectivity index (χ0n) is 10.2. The van der Waals surface area contributed by atoms with Gasteiger partial charge in [-0.05, 0) is 27.1 Å². The number of nitrogen functional groups attached to an aromatic ring is 1. The molecule has 0 aliphatic heterocycles. The SMILES string of the molecule is CC(CN(C)C)NC(=O)c1cc(N)cnc1Cl. The molecular weight excluding hydrogens is 240 g/mol. The van der Waals surface area contributed by atoms with Gasteiger partial charge in [0.15, 0.2) is 0 Å². The highest BCUT2D eigenvalue weighted by molar-refractivity contribution is 6.32. The molecule has 1 atom stereocenters. The van der Waals surface area contributed by atoms with E-state index >= 15 is 0 Å². The summed E-state index contributed by atoms with van der Waals surface area (Å²) in [4.78, 5) is 17.7. The van der Waals surface area contributed by atoms with Crippen LogP contribution in [0.3, 0.4) is 0 Å². The molecule has 1 amide bonds. The first-order valence-electron chi connectivity index (χ1n) is 5.26. The number of anilines is 1. The van der Waals surface area contributed by atoms with Crippen LogP contribution in [0.4, 0.5) is 5.69 Å². The summed E-state index contributed by atoms with van der Waals surface area (Å²) in [6, 6.07) is 1.54. The number of pyridine rings is 1. The molecule has 1 heterocycles. The largest absolute Gasteiger partial charge is 0.397 e. The number of nitrogens with one attached hydrogen (secondary N) is 1. The maximum absolute atomic E-state index is 11.9. The molecule has 0 saturated carbocycles. The topological polar surface area (TPSA) is 71.2 Å². The molecule has 6 heteroatoms. The highest BCUT2D eigenvalue weighted by Gasteiger charge is 2.14. The third kappa shape index (κ3) is 4.20. The van der Waals surface area contributed by atoms with Gasteiger partial charge in [0.2, 0.25) is 0 Å². The molecule has 0 bridgehead atoms. The number of hydrogen-bond donors (Lipinski definition) is 2. The Morgan fingerprint density at radius 2 is 2.29 bits per heavy atom. The van der Waals surface area contributed by atoms with Crippen molar-refractivity contribution in [2.45, 2.75) is 13.0 Å². The number of rotatable bonds is 4. The normalized spacial score (nSPS) is 12.5. The van der Waals surface area contributed by atoms with Gasteiger partial charge in [-0.25, -0.2) is 4.98 Å². The average molecular weight is 257 g/mol. The van der Waals surface area contributed by atoms with Gasteiger partial charge in [-0.1, -0.05) is 11.6 Å². The predicted octanol–water partition coefficient (Wildman–Crippen LogP) is 0.997. The van der Waals surface area contributed by atoms with Gasteiger partial charge in [0, 0.05) is 12.6 Å². The molecule has 1 unspecified atom stereocenters. The molecule has 5 nitrogen and oxygen atoms in total. The van der Waals surface area contributed by atoms with Crippen molar-refractivity contribution in [3.05, 3.63) is 23.0 Å². The fraction of sp³-hybridized carbons (Fsp3) is 0.455. The van der Waals surface area contributed by atoms with Crippen LogP contribution in [-0.2, 0) is 0 Å². The van der Waals surface area contributed by atoms with Crippen LogP contribution in [0.15, 0.2) is 12.3 Å². The highest BCUT2D eigenvalue weighted by atomic mass is 35.5. The van der Waals surface area contributed by atoms with E-state index in [2.05, 4.69) is 10.3 Å². The van der Waals surface area contributed by atoms with E-state index in [0.29, 0.717) is 11.3 Å². The first-order valence-corrected chi connectivity index (χ1v) is 5.64. The van der Waals surface area contributed by atoms with Crippen molar-refractivity contribution < 1.29 is 4.79 Å². The van der Waals surface area contributed by atoms with Crippen molar-refractivity contribution in [2.75, 3.05) is 26.4 Å². The van der Waals surface area contributed by atoms with Gasteiger partial charge in [-0.3, -0.25) is 4.79 Å². The molecule has 0 saturated heterocycles. The fourth-order valence-corrected chi connectivity index (χ4v) is 1.71. The van der Waals surface area contributed by atoms with E-state index in [1.54, 1.807) is 0 Å². The number of aromatic nitrogens is 1. The molecule has 0 spiro atoms. The van der Waals surface area contributed by atoms with Crippen LogP contribution in [0.1, 0.15) is 17.3 Å². The summed E-state index contributed by atoms with van der Waals surface area (Å²) in [5, 5.41) is 3.00. The molecule has 0 aromatic carbocycles. The summed E-state index contributed by atoms with van der Waals surface area (Å²) in [7, 11) is 3.88. The number of carbonyl (C=O) groups excluding carboxylic acids is 1. The Kier molecular flexibility index (Phi) is 4.72. The zero-order chi connectivity index (χ0) is 13.0. The van der Waals surface area contributed by atoms with E-state index < -0.39 is 0 Å². The van der Waals surface area contributed by atoms with E-state index in [1.807, 2.05) is 25.9 Å². The molecule has 1 rings (SSSR count). The number of nitrogens with two attached hydrogens (primary N) is 1. The lowest BCUT2D eigenvalue weighted by atomic mass is 10.2. The first kappa shape index (κ1) is 13.7. The predicted molar refractivity (Wildman–Crippen MR) is 69.1 cm³/mol. The van der Waals surface area contributed by atoms with Gasteiger partial charge in [-0.15, -0.1) is 0 Å². The summed E-state index contributed by atoms with van der Waals surface area (Å²) >= 11 is 5.84. The molecule has 0 aliphatic rings. The van der Waals surface area contributed by atoms with Crippen molar-refractivity contribution in [3.63, 3.8) is 0 Å². The highest BCUT2D eigenvalue weighted by Crippen LogP contribution is 2.15. The van der Waals surface area contributed by atoms with Crippen LogP contribution in [0.25, 0.3) is 0 Å². The smallest absolute Gasteiger partial charge is 0.254 e. The Morgan fingerprint density at radius 1 is 1.65 bits per heavy atom. The van der Waals surface area contributed by atoms with Gasteiger partial charge < -0.3 is 16.0 Å². The lowest BCUT2D eigenvalue weighted by molar-refractivity contribution is 0.0934. The maximum Gasteiger partial charge on any atom is 0.254 e. The summed E-state index contributed by atoms with van der Waals surface area (Å²) in [5.41, 5.74) is 6.29. The van der Waals surface area contributed by atoms with Crippen molar-refractivity contribution in [3.8, 4) is 0 Å². The van der Waals surface area contributed by atoms with Gasteiger partial charge in [-0.2, -0.15) is 0 Å². The van der Waals surface area contributed by atoms with Crippen LogP contribution < -0.4 is 11.1 Å². The van der Waals surface area contributed by atoms with E-state index in [9.17, 15) is 4.79 Å². The van der Waals surface area contributed by atoms with Crippen molar-refractivity contribution in [2.24, 2.45) is 0 Å². The molecule has 3 N–H and O–H groups in total. The van der Waals surface area contributed by atoms with E-state index in [0.717, 1.165) is 6.54 Å². The Hall–Kier alpha value is -1.33. The minimum atomic E-state index is -0.260. The van der Waals surface area contributed by atoms with Crippen LogP contribution in [0.2, 0.25) is 5.15 Å². The number of likely N-dealkylation sites (N-methyl/N-ethyl adjacent to an activating group) is 1. The van der Waals surface area contributed by atoms with E-state index in [-0.39, 0.29) is 17.1 Å². The van der Waals surface area contributed by atoms with Crippen molar-refractivity contribution >= 4 is 23.2 Å². The third-order valence-electron chi connectivity index (χ3n) is 2.12. The number of nitrogens with zero attached hydrogens (tertiary/aromatic N) is 2. The van der Waals surface area contributed by atoms with Gasteiger partial charge in [0.1, 0.15) is 5.15 Å². The number of carbonyl (C=O) groups is 1. The second-order valence-electron chi connectivity index (χ2n) is 4.24. The van der Waals surface area contributed by atoms with E-state index in [4.69, 9.17) is 17.3 Å². The van der Waals surface area contributed by atoms with Crippen molar-refractivity contribution in [1.29, 1.82) is 0 Å². The molecule has 1 aromatic heterocycles. The molecule has 0 radical (unpaired) electrons. The summed E-state index contributed by atoms with van der Waals surface area (Å²) in [5.74, 6) is -0.260. The Bertz CT molecular complexity index is 408. The number of amides is 1. The van der Waals surface area contributed by atoms with Crippen LogP contribution in [-0.4, -0.2) is 42.5 Å². The zero-order valence-corrected chi connectivity index (χ0v) is 11.0. The first-order chi connectivity index (χ1) is 7.90. The summed E-state index contributed by atoms with van der Waals surface area (Å²) in [6.07, 6.45) is 1.42. The molecular formula is C11H17ClN4O. The van der Waals surface area contributed by atoms with Crippen LogP contribution >= 0.6 is 11.6 Å². The number of hydrogen-bond acceptors (Lipinski definition) is 4. The van der Waals surface area contributed by atoms with Gasteiger partial charge in [0.25, 0.3) is 5.91 Å². The monoisotopic (exact) mass is 256 g/mol. The van der Waals surface area contributed by atoms with Crippen LogP contribution in [0, 0.1) is 0 Å². The standard InChI is InChI=1S/C11H17ClN4O/c1-7(6-16(2)3)15-11(17)9-4-8(13)5-14-10(9)12/h4-5,7H,6,13H2,1-3H3,(H,15,17). The number of halogens is 1. The molecule has 17 heavy (non-hydrogen) atoms. The second kappa shape index (κ2) is 5.84. The summed E-state index contributed by atoms with van der Waals surface area (Å²) < 4.78 is 0. The molecule has 1 aromatic rings. The Morgan fingerprint density at radius 3 is 2.88 bits per heavy atom.